The van der Waals surface area contributed by atoms with Crippen LogP contribution in [0, 0.1) is 5.82 Å². The first-order chi connectivity index (χ1) is 11.1. The van der Waals surface area contributed by atoms with E-state index in [1.165, 1.54) is 17.4 Å². The Balaban J connectivity index is 1.85. The highest BCUT2D eigenvalue weighted by molar-refractivity contribution is 7.08. The van der Waals surface area contributed by atoms with E-state index in [9.17, 15) is 14.3 Å². The number of tetrazole rings is 1. The highest BCUT2D eigenvalue weighted by Gasteiger charge is 2.15. The zero-order valence-electron chi connectivity index (χ0n) is 11.7. The van der Waals surface area contributed by atoms with Gasteiger partial charge in [0.1, 0.15) is 5.82 Å². The van der Waals surface area contributed by atoms with E-state index in [-0.39, 0.29) is 17.4 Å². The van der Waals surface area contributed by atoms with Crippen molar-refractivity contribution in [2.75, 3.05) is 0 Å². The van der Waals surface area contributed by atoms with Crippen LogP contribution < -0.4 is 0 Å². The third-order valence-electron chi connectivity index (χ3n) is 3.19. The van der Waals surface area contributed by atoms with Crippen molar-refractivity contribution in [1.29, 1.82) is 0 Å². The summed E-state index contributed by atoms with van der Waals surface area (Å²) < 4.78 is 13.7. The molecule has 0 fully saturated rings. The van der Waals surface area contributed by atoms with Gasteiger partial charge in [-0.3, -0.25) is 4.79 Å². The summed E-state index contributed by atoms with van der Waals surface area (Å²) in [5, 5.41) is 25.9. The molecule has 3 rings (SSSR count). The molecule has 116 valence electrons. The Bertz CT molecular complexity index is 858. The molecule has 6 nitrogen and oxygen atoms in total. The van der Waals surface area contributed by atoms with Crippen molar-refractivity contribution in [2.24, 2.45) is 0 Å². The smallest absolute Gasteiger partial charge is 0.239 e. The molecule has 0 saturated heterocycles. The molecule has 0 radical (unpaired) electrons. The van der Waals surface area contributed by atoms with Gasteiger partial charge >= 0.3 is 0 Å². The molecule has 0 spiro atoms. The maximum atomic E-state index is 13.7. The fourth-order valence-electron chi connectivity index (χ4n) is 2.06. The molecule has 0 bridgehead atoms. The van der Waals surface area contributed by atoms with Gasteiger partial charge < -0.3 is 5.11 Å². The number of ketones is 1. The third kappa shape index (κ3) is 3.32. The van der Waals surface area contributed by atoms with Gasteiger partial charge in [-0.05, 0) is 27.8 Å². The number of H-pyrrole nitrogens is 1. The van der Waals surface area contributed by atoms with E-state index in [2.05, 4.69) is 20.6 Å². The molecule has 0 unspecified atom stereocenters. The summed E-state index contributed by atoms with van der Waals surface area (Å²) in [7, 11) is 0. The number of nitrogens with one attached hydrogen (secondary N) is 1. The molecule has 23 heavy (non-hydrogen) atoms. The third-order valence-corrected chi connectivity index (χ3v) is 3.98. The molecule has 1 aromatic carbocycles. The number of aliphatic hydroxyl groups excluding tert-OH is 1. The molecule has 2 aromatic heterocycles. The lowest BCUT2D eigenvalue weighted by Crippen LogP contribution is -2.01. The van der Waals surface area contributed by atoms with Gasteiger partial charge in [0.2, 0.25) is 5.82 Å². The SMILES string of the molecule is O=C(C=C(O)c1nn[nH]n1)c1cscc1Cc1ccccc1F. The van der Waals surface area contributed by atoms with Crippen LogP contribution in [0.25, 0.3) is 5.76 Å². The van der Waals surface area contributed by atoms with Gasteiger partial charge in [0.15, 0.2) is 11.5 Å². The first-order valence-electron chi connectivity index (χ1n) is 6.62. The molecule has 0 aliphatic heterocycles. The van der Waals surface area contributed by atoms with Crippen LogP contribution >= 0.6 is 11.3 Å². The normalized spacial score (nSPS) is 11.6. The zero-order valence-corrected chi connectivity index (χ0v) is 12.5. The van der Waals surface area contributed by atoms with Crippen molar-refractivity contribution in [1.82, 2.24) is 20.6 Å². The fraction of sp³-hybridized carbons (Fsp3) is 0.0667. The maximum Gasteiger partial charge on any atom is 0.239 e. The van der Waals surface area contributed by atoms with Gasteiger partial charge in [-0.15, -0.1) is 10.2 Å². The number of aromatic nitrogens is 4. The van der Waals surface area contributed by atoms with Gasteiger partial charge in [0.25, 0.3) is 0 Å². The van der Waals surface area contributed by atoms with Crippen molar-refractivity contribution in [2.45, 2.75) is 6.42 Å². The Morgan fingerprint density at radius 2 is 2.13 bits per heavy atom. The minimum atomic E-state index is -0.403. The summed E-state index contributed by atoms with van der Waals surface area (Å²) in [6, 6.07) is 6.41. The number of hydrogen-bond acceptors (Lipinski definition) is 6. The Kier molecular flexibility index (Phi) is 4.24. The number of halogens is 1. The van der Waals surface area contributed by atoms with E-state index in [0.717, 1.165) is 6.08 Å². The summed E-state index contributed by atoms with van der Waals surface area (Å²) in [6.45, 7) is 0. The van der Waals surface area contributed by atoms with Crippen molar-refractivity contribution < 1.29 is 14.3 Å². The minimum Gasteiger partial charge on any atom is -0.504 e. The van der Waals surface area contributed by atoms with Crippen molar-refractivity contribution >= 4 is 22.9 Å². The number of nitrogens with zero attached hydrogens (tertiary/aromatic N) is 3. The van der Waals surface area contributed by atoms with E-state index in [4.69, 9.17) is 0 Å². The second-order valence-electron chi connectivity index (χ2n) is 4.71. The van der Waals surface area contributed by atoms with Crippen LogP contribution in [0.4, 0.5) is 4.39 Å². The van der Waals surface area contributed by atoms with E-state index >= 15 is 0 Å². The van der Waals surface area contributed by atoms with Crippen LogP contribution in [0.3, 0.4) is 0 Å². The molecule has 0 aliphatic carbocycles. The van der Waals surface area contributed by atoms with Crippen molar-refractivity contribution in [3.05, 3.63) is 69.4 Å². The summed E-state index contributed by atoms with van der Waals surface area (Å²) in [4.78, 5) is 12.3. The molecule has 2 heterocycles. The van der Waals surface area contributed by atoms with Crippen LogP contribution in [0.2, 0.25) is 0 Å². The summed E-state index contributed by atoms with van der Waals surface area (Å²) in [6.07, 6.45) is 1.33. The van der Waals surface area contributed by atoms with Crippen LogP contribution in [0.1, 0.15) is 27.3 Å². The number of aliphatic hydroxyl groups is 1. The second-order valence-corrected chi connectivity index (χ2v) is 5.45. The monoisotopic (exact) mass is 330 g/mol. The van der Waals surface area contributed by atoms with Crippen LogP contribution in [-0.2, 0) is 6.42 Å². The number of benzene rings is 1. The van der Waals surface area contributed by atoms with E-state index in [0.29, 0.717) is 23.1 Å². The number of thiophene rings is 1. The molecule has 3 aromatic rings. The van der Waals surface area contributed by atoms with E-state index in [1.807, 2.05) is 0 Å². The van der Waals surface area contributed by atoms with Crippen molar-refractivity contribution in [3.8, 4) is 0 Å². The van der Waals surface area contributed by atoms with Crippen LogP contribution in [-0.4, -0.2) is 31.5 Å². The van der Waals surface area contributed by atoms with Crippen molar-refractivity contribution in [3.63, 3.8) is 0 Å². The fourth-order valence-corrected chi connectivity index (χ4v) is 2.91. The number of hydrogen-bond donors (Lipinski definition) is 2. The number of aromatic amines is 1. The van der Waals surface area contributed by atoms with Gasteiger partial charge in [0.05, 0.1) is 0 Å². The van der Waals surface area contributed by atoms with Crippen LogP contribution in [0.15, 0.2) is 41.1 Å². The summed E-state index contributed by atoms with van der Waals surface area (Å²) >= 11 is 1.34. The number of rotatable bonds is 5. The lowest BCUT2D eigenvalue weighted by Gasteiger charge is -2.03. The Labute approximate surface area is 134 Å². The topological polar surface area (TPSA) is 91.8 Å². The first kappa shape index (κ1) is 15.0. The molecule has 8 heteroatoms. The average molecular weight is 330 g/mol. The lowest BCUT2D eigenvalue weighted by atomic mass is 10.0. The Morgan fingerprint density at radius 1 is 1.30 bits per heavy atom. The standard InChI is InChI=1S/C15H11FN4O2S/c16-12-4-2-1-3-9(12)5-10-7-23-8-11(10)13(21)6-14(22)15-17-19-20-18-15/h1-4,6-8,22H,5H2,(H,17,18,19,20). The molecule has 0 saturated carbocycles. The zero-order chi connectivity index (χ0) is 16.2. The molecule has 0 atom stereocenters. The van der Waals surface area contributed by atoms with Crippen LogP contribution in [0.5, 0.6) is 0 Å². The van der Waals surface area contributed by atoms with Gasteiger partial charge in [-0.2, -0.15) is 16.6 Å². The molecular weight excluding hydrogens is 319 g/mol. The second kappa shape index (κ2) is 6.49. The van der Waals surface area contributed by atoms with Gasteiger partial charge in [-0.25, -0.2) is 4.39 Å². The van der Waals surface area contributed by atoms with Gasteiger partial charge in [-0.1, -0.05) is 18.2 Å². The maximum absolute atomic E-state index is 13.7. The Morgan fingerprint density at radius 3 is 2.87 bits per heavy atom. The number of carbonyl (C=O) groups excluding carboxylic acids is 1. The quantitative estimate of drug-likeness (QED) is 0.426. The number of allylic oxidation sites excluding steroid dienone is 1. The average Bonchev–Trinajstić information content (AvgIpc) is 3.20. The molecular formula is C15H11FN4O2S. The summed E-state index contributed by atoms with van der Waals surface area (Å²) in [5.74, 6) is -1.17. The Hall–Kier alpha value is -2.87. The highest BCUT2D eigenvalue weighted by Crippen LogP contribution is 2.22. The first-order valence-corrected chi connectivity index (χ1v) is 7.56. The lowest BCUT2D eigenvalue weighted by molar-refractivity contribution is 0.104. The minimum absolute atomic E-state index is 0.0655. The predicted molar refractivity (Wildman–Crippen MR) is 82.6 cm³/mol. The molecule has 0 aliphatic rings. The highest BCUT2D eigenvalue weighted by atomic mass is 32.1. The van der Waals surface area contributed by atoms with E-state index in [1.54, 1.807) is 29.0 Å². The largest absolute Gasteiger partial charge is 0.504 e. The predicted octanol–water partition coefficient (Wildman–Crippen LogP) is 2.77. The summed E-state index contributed by atoms with van der Waals surface area (Å²) in [5.41, 5.74) is 1.61. The number of carbonyl (C=O) groups is 1. The molecule has 0 amide bonds. The van der Waals surface area contributed by atoms with E-state index < -0.39 is 5.78 Å². The van der Waals surface area contributed by atoms with Gasteiger partial charge in [0, 0.05) is 23.4 Å². The molecule has 2 N–H and O–H groups in total.